The molecule has 0 spiro atoms. The molecule has 0 fully saturated rings. The Labute approximate surface area is 145 Å². The monoisotopic (exact) mass is 388 g/mol. The molecular formula is C16H10BrClN4O. The molecule has 5 nitrogen and oxygen atoms in total. The van der Waals surface area contributed by atoms with Gasteiger partial charge >= 0.3 is 0 Å². The molecule has 0 N–H and O–H groups in total. The molecule has 7 heteroatoms. The third-order valence-corrected chi connectivity index (χ3v) is 4.28. The summed E-state index contributed by atoms with van der Waals surface area (Å²) in [5, 5.41) is 5.64. The van der Waals surface area contributed by atoms with Crippen LogP contribution in [0.15, 0.2) is 46.9 Å². The van der Waals surface area contributed by atoms with E-state index in [0.29, 0.717) is 11.5 Å². The quantitative estimate of drug-likeness (QED) is 0.478. The van der Waals surface area contributed by atoms with E-state index in [0.717, 1.165) is 26.7 Å². The van der Waals surface area contributed by atoms with E-state index in [9.17, 15) is 0 Å². The fraction of sp³-hybridized carbons (Fsp3) is 0.0625. The first-order chi connectivity index (χ1) is 11.2. The Hall–Kier alpha value is -2.18. The Morgan fingerprint density at radius 2 is 1.87 bits per heavy atom. The van der Waals surface area contributed by atoms with Crippen LogP contribution >= 0.6 is 27.5 Å². The first-order valence-electron chi connectivity index (χ1n) is 6.81. The Bertz CT molecular complexity index is 1030. The summed E-state index contributed by atoms with van der Waals surface area (Å²) in [5.41, 5.74) is 2.33. The molecule has 4 aromatic rings. The number of hydrogen-bond donors (Lipinski definition) is 0. The van der Waals surface area contributed by atoms with E-state index in [1.165, 1.54) is 0 Å². The largest absolute Gasteiger partial charge is 0.497 e. The lowest BCUT2D eigenvalue weighted by molar-refractivity contribution is 0.415. The second-order valence-corrected chi connectivity index (χ2v) is 6.20. The van der Waals surface area contributed by atoms with Crippen LogP contribution in [0.5, 0.6) is 5.75 Å². The van der Waals surface area contributed by atoms with Gasteiger partial charge in [-0.1, -0.05) is 15.9 Å². The molecule has 0 amide bonds. The summed E-state index contributed by atoms with van der Waals surface area (Å²) < 4.78 is 7.67. The van der Waals surface area contributed by atoms with E-state index in [1.807, 2.05) is 42.5 Å². The maximum Gasteiger partial charge on any atom is 0.226 e. The van der Waals surface area contributed by atoms with Gasteiger partial charge in [-0.25, -0.2) is 9.97 Å². The third kappa shape index (κ3) is 2.44. The molecule has 0 saturated carbocycles. The molecule has 2 aromatic heterocycles. The molecule has 4 rings (SSSR count). The second kappa shape index (κ2) is 5.47. The number of rotatable bonds is 2. The van der Waals surface area contributed by atoms with Crippen LogP contribution in [0, 0.1) is 0 Å². The van der Waals surface area contributed by atoms with Gasteiger partial charge in [0.25, 0.3) is 0 Å². The van der Waals surface area contributed by atoms with Crippen LogP contribution in [-0.2, 0) is 0 Å². The highest BCUT2D eigenvalue weighted by Gasteiger charge is 2.13. The SMILES string of the molecule is COc1ccc(-c2nc3c4cc(Br)ccc4nc(Cl)n3n2)cc1. The van der Waals surface area contributed by atoms with Gasteiger partial charge in [0, 0.05) is 15.4 Å². The Morgan fingerprint density at radius 1 is 1.09 bits per heavy atom. The summed E-state index contributed by atoms with van der Waals surface area (Å²) in [5.74, 6) is 1.37. The van der Waals surface area contributed by atoms with Gasteiger partial charge in [0.2, 0.25) is 5.28 Å². The van der Waals surface area contributed by atoms with Gasteiger partial charge in [0.05, 0.1) is 12.6 Å². The van der Waals surface area contributed by atoms with Crippen molar-refractivity contribution in [2.24, 2.45) is 0 Å². The van der Waals surface area contributed by atoms with E-state index in [-0.39, 0.29) is 5.28 Å². The van der Waals surface area contributed by atoms with Crippen molar-refractivity contribution in [1.29, 1.82) is 0 Å². The predicted molar refractivity (Wildman–Crippen MR) is 93.0 cm³/mol. The van der Waals surface area contributed by atoms with Crippen LogP contribution < -0.4 is 4.74 Å². The standard InChI is InChI=1S/C16H10BrClN4O/c1-23-11-5-2-9(3-6-11)14-20-15-12-8-10(17)4-7-13(12)19-16(18)22(15)21-14/h2-8H,1H3. The van der Waals surface area contributed by atoms with Gasteiger partial charge in [-0.2, -0.15) is 4.52 Å². The van der Waals surface area contributed by atoms with Gasteiger partial charge < -0.3 is 4.74 Å². The van der Waals surface area contributed by atoms with Crippen molar-refractivity contribution in [2.45, 2.75) is 0 Å². The number of hydrogen-bond acceptors (Lipinski definition) is 4. The zero-order valence-corrected chi connectivity index (χ0v) is 14.3. The van der Waals surface area contributed by atoms with Crippen LogP contribution in [0.1, 0.15) is 0 Å². The zero-order valence-electron chi connectivity index (χ0n) is 12.0. The maximum absolute atomic E-state index is 6.24. The van der Waals surface area contributed by atoms with Crippen LogP contribution in [0.25, 0.3) is 27.9 Å². The van der Waals surface area contributed by atoms with E-state index < -0.39 is 0 Å². The molecule has 0 atom stereocenters. The van der Waals surface area contributed by atoms with Crippen molar-refractivity contribution in [3.63, 3.8) is 0 Å². The molecule has 0 aliphatic rings. The molecule has 114 valence electrons. The normalized spacial score (nSPS) is 11.3. The lowest BCUT2D eigenvalue weighted by atomic mass is 10.2. The highest BCUT2D eigenvalue weighted by molar-refractivity contribution is 9.10. The summed E-state index contributed by atoms with van der Waals surface area (Å²) >= 11 is 9.71. The first-order valence-corrected chi connectivity index (χ1v) is 7.99. The average molecular weight is 390 g/mol. The van der Waals surface area contributed by atoms with Crippen LogP contribution in [0.2, 0.25) is 5.28 Å². The van der Waals surface area contributed by atoms with Gasteiger partial charge in [0.1, 0.15) is 5.75 Å². The van der Waals surface area contributed by atoms with E-state index >= 15 is 0 Å². The Morgan fingerprint density at radius 3 is 2.61 bits per heavy atom. The second-order valence-electron chi connectivity index (χ2n) is 4.94. The maximum atomic E-state index is 6.24. The van der Waals surface area contributed by atoms with Crippen molar-refractivity contribution >= 4 is 44.1 Å². The van der Waals surface area contributed by atoms with Crippen LogP contribution in [0.4, 0.5) is 0 Å². The van der Waals surface area contributed by atoms with E-state index in [1.54, 1.807) is 11.6 Å². The number of halogens is 2. The fourth-order valence-corrected chi connectivity index (χ4v) is 2.98. The van der Waals surface area contributed by atoms with Crippen molar-refractivity contribution < 1.29 is 4.74 Å². The van der Waals surface area contributed by atoms with Crippen LogP contribution in [0.3, 0.4) is 0 Å². The molecule has 0 saturated heterocycles. The molecule has 23 heavy (non-hydrogen) atoms. The minimum atomic E-state index is 0.280. The van der Waals surface area contributed by atoms with Gasteiger partial charge in [0.15, 0.2) is 11.5 Å². The Kier molecular flexibility index (Phi) is 3.43. The number of aromatic nitrogens is 4. The minimum absolute atomic E-state index is 0.280. The van der Waals surface area contributed by atoms with Crippen LogP contribution in [-0.4, -0.2) is 26.7 Å². The summed E-state index contributed by atoms with van der Waals surface area (Å²) in [4.78, 5) is 9.00. The lowest BCUT2D eigenvalue weighted by Crippen LogP contribution is -1.94. The topological polar surface area (TPSA) is 52.3 Å². The average Bonchev–Trinajstić information content (AvgIpc) is 3.02. The van der Waals surface area contributed by atoms with Crippen molar-refractivity contribution in [3.8, 4) is 17.1 Å². The van der Waals surface area contributed by atoms with Gasteiger partial charge in [-0.3, -0.25) is 0 Å². The van der Waals surface area contributed by atoms with Gasteiger partial charge in [-0.15, -0.1) is 5.10 Å². The smallest absolute Gasteiger partial charge is 0.226 e. The van der Waals surface area contributed by atoms with Gasteiger partial charge in [-0.05, 0) is 54.1 Å². The Balaban J connectivity index is 1.97. The number of nitrogens with zero attached hydrogens (tertiary/aromatic N) is 4. The molecule has 2 heterocycles. The predicted octanol–water partition coefficient (Wildman–Crippen LogP) is 4.37. The highest BCUT2D eigenvalue weighted by atomic mass is 79.9. The van der Waals surface area contributed by atoms with Crippen molar-refractivity contribution in [3.05, 3.63) is 52.2 Å². The third-order valence-electron chi connectivity index (χ3n) is 3.54. The summed E-state index contributed by atoms with van der Waals surface area (Å²) in [7, 11) is 1.63. The fourth-order valence-electron chi connectivity index (χ4n) is 2.41. The van der Waals surface area contributed by atoms with E-state index in [4.69, 9.17) is 16.3 Å². The number of methoxy groups -OCH3 is 1. The molecule has 0 unspecified atom stereocenters. The molecule has 2 aromatic carbocycles. The molecule has 0 aliphatic carbocycles. The highest BCUT2D eigenvalue weighted by Crippen LogP contribution is 2.27. The number of fused-ring (bicyclic) bond motifs is 3. The number of ether oxygens (including phenoxy) is 1. The number of benzene rings is 2. The molecule has 0 radical (unpaired) electrons. The van der Waals surface area contributed by atoms with Crippen molar-refractivity contribution in [2.75, 3.05) is 7.11 Å². The molecule has 0 bridgehead atoms. The van der Waals surface area contributed by atoms with E-state index in [2.05, 4.69) is 31.0 Å². The summed E-state index contributed by atoms with van der Waals surface area (Å²) in [6, 6.07) is 13.3. The summed E-state index contributed by atoms with van der Waals surface area (Å²) in [6.45, 7) is 0. The minimum Gasteiger partial charge on any atom is -0.497 e. The molecule has 0 aliphatic heterocycles. The first kappa shape index (κ1) is 14.4. The van der Waals surface area contributed by atoms with Crippen molar-refractivity contribution in [1.82, 2.24) is 19.6 Å². The lowest BCUT2D eigenvalue weighted by Gasteiger charge is -2.01. The zero-order chi connectivity index (χ0) is 16.0. The molecular weight excluding hydrogens is 380 g/mol. The summed E-state index contributed by atoms with van der Waals surface area (Å²) in [6.07, 6.45) is 0.